The topological polar surface area (TPSA) is 14.2 Å². The van der Waals surface area contributed by atoms with E-state index >= 15 is 17.6 Å². The number of hydrogen-bond donors (Lipinski definition) is 0. The molecule has 2 heterocycles. The van der Waals surface area contributed by atoms with Crippen LogP contribution in [0.15, 0.2) is 97.1 Å². The Hall–Kier alpha value is -5.94. The molecule has 6 aromatic carbocycles. The lowest BCUT2D eigenvalue weighted by atomic mass is 9.86. The van der Waals surface area contributed by atoms with Crippen molar-refractivity contribution in [2.24, 2.45) is 0 Å². The lowest BCUT2D eigenvalue weighted by Crippen LogP contribution is -2.10. The summed E-state index contributed by atoms with van der Waals surface area (Å²) in [5.41, 5.74) is 3.54. The number of rotatable bonds is 3. The Morgan fingerprint density at radius 2 is 0.887 bits per heavy atom. The van der Waals surface area contributed by atoms with Crippen molar-refractivity contribution in [3.63, 3.8) is 0 Å². The van der Waals surface area contributed by atoms with Gasteiger partial charge in [-0.3, -0.25) is 0 Å². The van der Waals surface area contributed by atoms with Gasteiger partial charge in [0.05, 0.1) is 39.9 Å². The minimum atomic E-state index is -2.24. The summed E-state index contributed by atoms with van der Waals surface area (Å²) in [5, 5.41) is 3.43. The minimum Gasteiger partial charge on any atom is -0.319 e. The normalized spacial score (nSPS) is 12.4. The first-order valence-electron chi connectivity index (χ1n) is 17.3. The fraction of sp³-hybridized carbons (Fsp3) is 0.178. The van der Waals surface area contributed by atoms with Gasteiger partial charge in [0.15, 0.2) is 23.3 Å². The van der Waals surface area contributed by atoms with Gasteiger partial charge in [0, 0.05) is 32.8 Å². The van der Waals surface area contributed by atoms with E-state index in [0.717, 1.165) is 32.7 Å². The Bertz CT molecular complexity index is 2850. The molecule has 0 spiro atoms. The highest BCUT2D eigenvalue weighted by molar-refractivity contribution is 6.12. The summed E-state index contributed by atoms with van der Waals surface area (Å²) in [7, 11) is 0. The van der Waals surface area contributed by atoms with Crippen molar-refractivity contribution < 1.29 is 22.0 Å². The summed E-state index contributed by atoms with van der Waals surface area (Å²) in [6.07, 6.45) is 0. The number of halogens is 5. The second kappa shape index (κ2) is 11.8. The van der Waals surface area contributed by atoms with Crippen LogP contribution in [0.2, 0.25) is 0 Å². The molecule has 0 saturated heterocycles. The van der Waals surface area contributed by atoms with Gasteiger partial charge in [0.2, 0.25) is 11.5 Å². The van der Waals surface area contributed by atoms with Crippen LogP contribution in [0.25, 0.3) is 71.0 Å². The molecule has 264 valence electrons. The summed E-state index contributed by atoms with van der Waals surface area (Å²) >= 11 is 0. The lowest BCUT2D eigenvalue weighted by molar-refractivity contribution is 0.381. The monoisotopic (exact) mass is 711 g/mol. The molecule has 0 radical (unpaired) electrons. The molecule has 53 heavy (non-hydrogen) atoms. The summed E-state index contributed by atoms with van der Waals surface area (Å²) in [5.74, 6) is -10.3. The Kier molecular flexibility index (Phi) is 7.60. The molecular weight excluding hydrogens is 678 g/mol. The highest BCUT2D eigenvalue weighted by Crippen LogP contribution is 2.45. The van der Waals surface area contributed by atoms with Crippen LogP contribution in [-0.2, 0) is 10.8 Å². The average molecular weight is 712 g/mol. The first-order valence-corrected chi connectivity index (χ1v) is 17.3. The molecule has 3 nitrogen and oxygen atoms in total. The molecule has 2 aromatic heterocycles. The van der Waals surface area contributed by atoms with Crippen LogP contribution < -0.4 is 0 Å². The molecule has 0 bridgehead atoms. The molecule has 0 aliphatic rings. The van der Waals surface area contributed by atoms with Gasteiger partial charge < -0.3 is 9.13 Å². The largest absolute Gasteiger partial charge is 0.319 e. The zero-order valence-corrected chi connectivity index (χ0v) is 30.0. The maximum Gasteiger partial charge on any atom is 0.212 e. The number of para-hydroxylation sites is 2. The third-order valence-electron chi connectivity index (χ3n) is 10.3. The van der Waals surface area contributed by atoms with Crippen molar-refractivity contribution >= 4 is 49.3 Å². The van der Waals surface area contributed by atoms with E-state index in [9.17, 15) is 4.39 Å². The van der Waals surface area contributed by atoms with Crippen molar-refractivity contribution in [2.75, 3.05) is 0 Å². The maximum absolute atomic E-state index is 16.0. The average Bonchev–Trinajstić information content (AvgIpc) is 3.64. The maximum atomic E-state index is 16.0. The van der Waals surface area contributed by atoms with E-state index in [1.807, 2.05) is 77.4 Å². The van der Waals surface area contributed by atoms with Gasteiger partial charge in [0.1, 0.15) is 0 Å². The molecule has 0 aliphatic carbocycles. The van der Waals surface area contributed by atoms with E-state index in [1.54, 1.807) is 4.57 Å². The first-order chi connectivity index (χ1) is 25.1. The summed E-state index contributed by atoms with van der Waals surface area (Å²) in [6, 6.07) is 29.9. The lowest BCUT2D eigenvalue weighted by Gasteiger charge is -2.21. The molecule has 0 N–H and O–H groups in total. The van der Waals surface area contributed by atoms with Gasteiger partial charge in [-0.05, 0) is 70.5 Å². The third kappa shape index (κ3) is 5.13. The molecule has 8 aromatic rings. The van der Waals surface area contributed by atoms with Gasteiger partial charge in [-0.25, -0.2) is 26.8 Å². The van der Waals surface area contributed by atoms with E-state index in [2.05, 4.69) is 58.5 Å². The standard InChI is InChI=1S/C45H34F5N3/c1-44(2,3)24-16-18-34-28(20-24)26-12-8-10-14-32(26)52(34)36-23-31(51-7)37(22-30(36)38-39(46)41(48)43(50)42(49)40(38)47)53-33-15-11-9-13-27(33)29-21-25(45(4,5)6)17-19-35(29)53/h8-23H,1-6H3. The van der Waals surface area contributed by atoms with Crippen LogP contribution >= 0.6 is 0 Å². The van der Waals surface area contributed by atoms with Gasteiger partial charge in [-0.1, -0.05) is 90.1 Å². The molecule has 0 unspecified atom stereocenters. The summed E-state index contributed by atoms with van der Waals surface area (Å²) < 4.78 is 80.3. The highest BCUT2D eigenvalue weighted by atomic mass is 19.2. The Morgan fingerprint density at radius 3 is 1.34 bits per heavy atom. The number of aromatic nitrogens is 2. The van der Waals surface area contributed by atoms with Crippen LogP contribution in [0.5, 0.6) is 0 Å². The fourth-order valence-corrected chi connectivity index (χ4v) is 7.46. The molecule has 0 fully saturated rings. The minimum absolute atomic E-state index is 0.0912. The predicted octanol–water partition coefficient (Wildman–Crippen LogP) is 13.4. The fourth-order valence-electron chi connectivity index (χ4n) is 7.46. The molecule has 8 heteroatoms. The summed E-state index contributed by atoms with van der Waals surface area (Å²) in [6.45, 7) is 21.0. The predicted molar refractivity (Wildman–Crippen MR) is 204 cm³/mol. The number of nitrogens with zero attached hydrogens (tertiary/aromatic N) is 3. The van der Waals surface area contributed by atoms with Gasteiger partial charge in [-0.15, -0.1) is 0 Å². The zero-order valence-electron chi connectivity index (χ0n) is 30.0. The second-order valence-corrected chi connectivity index (χ2v) is 15.6. The first kappa shape index (κ1) is 34.2. The Balaban J connectivity index is 1.55. The number of fused-ring (bicyclic) bond motifs is 6. The van der Waals surface area contributed by atoms with E-state index in [-0.39, 0.29) is 33.5 Å². The van der Waals surface area contributed by atoms with Gasteiger partial charge in [-0.2, -0.15) is 0 Å². The van der Waals surface area contributed by atoms with Crippen molar-refractivity contribution in [3.05, 3.63) is 149 Å². The van der Waals surface area contributed by atoms with Crippen molar-refractivity contribution in [3.8, 4) is 22.5 Å². The van der Waals surface area contributed by atoms with Crippen LogP contribution in [0.1, 0.15) is 52.7 Å². The van der Waals surface area contributed by atoms with E-state index in [4.69, 9.17) is 6.57 Å². The molecule has 0 amide bonds. The summed E-state index contributed by atoms with van der Waals surface area (Å²) in [4.78, 5) is 3.92. The van der Waals surface area contributed by atoms with Crippen molar-refractivity contribution in [1.29, 1.82) is 0 Å². The third-order valence-corrected chi connectivity index (χ3v) is 10.3. The van der Waals surface area contributed by atoms with Crippen LogP contribution in [0, 0.1) is 35.7 Å². The zero-order chi connectivity index (χ0) is 37.7. The van der Waals surface area contributed by atoms with Gasteiger partial charge >= 0.3 is 0 Å². The Morgan fingerprint density at radius 1 is 0.472 bits per heavy atom. The van der Waals surface area contributed by atoms with Crippen molar-refractivity contribution in [2.45, 2.75) is 52.4 Å². The van der Waals surface area contributed by atoms with Crippen LogP contribution in [0.3, 0.4) is 0 Å². The molecule has 8 rings (SSSR count). The van der Waals surface area contributed by atoms with Crippen LogP contribution in [0.4, 0.5) is 27.6 Å². The van der Waals surface area contributed by atoms with Crippen molar-refractivity contribution in [1.82, 2.24) is 9.13 Å². The highest BCUT2D eigenvalue weighted by Gasteiger charge is 2.31. The number of hydrogen-bond acceptors (Lipinski definition) is 0. The Labute approximate surface area is 303 Å². The number of benzene rings is 6. The molecular formula is C45H34F5N3. The van der Waals surface area contributed by atoms with E-state index in [0.29, 0.717) is 22.1 Å². The molecule has 0 atom stereocenters. The SMILES string of the molecule is [C-]#[N+]c1cc(-n2c3ccccc3c3cc(C(C)(C)C)ccc32)c(-c2c(F)c(F)c(F)c(F)c2F)cc1-n1c2ccccc2c2cc(C(C)(C)C)ccc21. The second-order valence-electron chi connectivity index (χ2n) is 15.6. The van der Waals surface area contributed by atoms with E-state index in [1.165, 1.54) is 12.1 Å². The van der Waals surface area contributed by atoms with Crippen LogP contribution in [-0.4, -0.2) is 9.13 Å². The quantitative estimate of drug-likeness (QED) is 0.0750. The van der Waals surface area contributed by atoms with Gasteiger partial charge in [0.25, 0.3) is 0 Å². The van der Waals surface area contributed by atoms with E-state index < -0.39 is 34.6 Å². The smallest absolute Gasteiger partial charge is 0.212 e. The molecule has 0 saturated carbocycles. The molecule has 0 aliphatic heterocycles.